The molecule has 1 aliphatic rings. The van der Waals surface area contributed by atoms with Gasteiger partial charge < -0.3 is 0 Å². The molecular weight excluding hydrogens is 194 g/mol. The predicted molar refractivity (Wildman–Crippen MR) is 67.0 cm³/mol. The third kappa shape index (κ3) is 2.02. The molecule has 1 heteroatoms. The molecule has 0 unspecified atom stereocenters. The Morgan fingerprint density at radius 1 is 1.12 bits per heavy atom. The van der Waals surface area contributed by atoms with Crippen LogP contribution in [0.25, 0.3) is 5.57 Å². The molecule has 0 aromatic heterocycles. The van der Waals surface area contributed by atoms with Crippen molar-refractivity contribution in [3.63, 3.8) is 0 Å². The third-order valence-electron chi connectivity index (χ3n) is 3.25. The lowest BCUT2D eigenvalue weighted by atomic mass is 9.88. The standard InChI is InChI=1S/C15H17N/c1-11(2)15(10-16)14-8-7-12-5-3-4-6-13(12)9-14/h7-9H,3-6H2,1-2H3. The molecule has 0 heterocycles. The number of benzene rings is 1. The highest BCUT2D eigenvalue weighted by atomic mass is 14.3. The minimum Gasteiger partial charge on any atom is -0.192 e. The summed E-state index contributed by atoms with van der Waals surface area (Å²) in [4.78, 5) is 0. The summed E-state index contributed by atoms with van der Waals surface area (Å²) >= 11 is 0. The fourth-order valence-corrected chi connectivity index (χ4v) is 2.35. The highest BCUT2D eigenvalue weighted by molar-refractivity contribution is 5.79. The van der Waals surface area contributed by atoms with E-state index in [1.54, 1.807) is 0 Å². The van der Waals surface area contributed by atoms with Gasteiger partial charge in [0, 0.05) is 0 Å². The third-order valence-corrected chi connectivity index (χ3v) is 3.25. The van der Waals surface area contributed by atoms with Gasteiger partial charge in [0.15, 0.2) is 0 Å². The fourth-order valence-electron chi connectivity index (χ4n) is 2.35. The number of hydrogen-bond acceptors (Lipinski definition) is 1. The van der Waals surface area contributed by atoms with Crippen molar-refractivity contribution in [2.45, 2.75) is 39.5 Å². The smallest absolute Gasteiger partial charge is 0.0997 e. The zero-order chi connectivity index (χ0) is 11.5. The van der Waals surface area contributed by atoms with Crippen molar-refractivity contribution in [2.24, 2.45) is 0 Å². The van der Waals surface area contributed by atoms with E-state index in [1.807, 2.05) is 13.8 Å². The first-order valence-corrected chi connectivity index (χ1v) is 5.92. The van der Waals surface area contributed by atoms with E-state index in [-0.39, 0.29) is 0 Å². The zero-order valence-electron chi connectivity index (χ0n) is 10.0. The Bertz CT molecular complexity index is 471. The van der Waals surface area contributed by atoms with Crippen molar-refractivity contribution >= 4 is 5.57 Å². The quantitative estimate of drug-likeness (QED) is 0.647. The van der Waals surface area contributed by atoms with Gasteiger partial charge >= 0.3 is 0 Å². The average Bonchev–Trinajstić information content (AvgIpc) is 2.29. The normalized spacial score (nSPS) is 13.8. The first-order chi connectivity index (χ1) is 7.72. The van der Waals surface area contributed by atoms with Crippen molar-refractivity contribution in [3.8, 4) is 6.07 Å². The molecule has 0 saturated heterocycles. The molecule has 0 amide bonds. The first kappa shape index (κ1) is 11.0. The van der Waals surface area contributed by atoms with Gasteiger partial charge in [0.05, 0.1) is 11.6 Å². The Labute approximate surface area is 97.4 Å². The summed E-state index contributed by atoms with van der Waals surface area (Å²) in [6.45, 7) is 4.00. The van der Waals surface area contributed by atoms with Crippen molar-refractivity contribution in [3.05, 3.63) is 40.5 Å². The molecule has 0 atom stereocenters. The second-order valence-corrected chi connectivity index (χ2v) is 4.68. The maximum Gasteiger partial charge on any atom is 0.0997 e. The molecule has 1 aliphatic carbocycles. The maximum atomic E-state index is 9.15. The van der Waals surface area contributed by atoms with Crippen molar-refractivity contribution in [1.29, 1.82) is 5.26 Å². The van der Waals surface area contributed by atoms with Crippen LogP contribution in [0.4, 0.5) is 0 Å². The SMILES string of the molecule is CC(C)=C(C#N)c1ccc2c(c1)CCCC2. The van der Waals surface area contributed by atoms with Gasteiger partial charge in [-0.05, 0) is 56.2 Å². The van der Waals surface area contributed by atoms with Crippen LogP contribution in [0.5, 0.6) is 0 Å². The molecule has 0 aliphatic heterocycles. The highest BCUT2D eigenvalue weighted by Gasteiger charge is 2.11. The number of allylic oxidation sites excluding steroid dienone is 2. The van der Waals surface area contributed by atoms with Crippen LogP contribution in [0.1, 0.15) is 43.4 Å². The first-order valence-electron chi connectivity index (χ1n) is 5.92. The summed E-state index contributed by atoms with van der Waals surface area (Å²) in [5, 5.41) is 9.15. The molecule has 0 N–H and O–H groups in total. The zero-order valence-corrected chi connectivity index (χ0v) is 10.0. The summed E-state index contributed by atoms with van der Waals surface area (Å²) in [7, 11) is 0. The van der Waals surface area contributed by atoms with Crippen molar-refractivity contribution < 1.29 is 0 Å². The number of nitrogens with zero attached hydrogens (tertiary/aromatic N) is 1. The molecule has 0 radical (unpaired) electrons. The van der Waals surface area contributed by atoms with E-state index >= 15 is 0 Å². The van der Waals surface area contributed by atoms with Gasteiger partial charge in [-0.2, -0.15) is 5.26 Å². The highest BCUT2D eigenvalue weighted by Crippen LogP contribution is 2.26. The van der Waals surface area contributed by atoms with E-state index in [1.165, 1.54) is 36.8 Å². The van der Waals surface area contributed by atoms with Crippen LogP contribution in [0.15, 0.2) is 23.8 Å². The van der Waals surface area contributed by atoms with E-state index in [0.29, 0.717) is 0 Å². The van der Waals surface area contributed by atoms with E-state index in [4.69, 9.17) is 5.26 Å². The van der Waals surface area contributed by atoms with Crippen LogP contribution in [0.3, 0.4) is 0 Å². The number of fused-ring (bicyclic) bond motifs is 1. The second kappa shape index (κ2) is 4.53. The molecule has 0 spiro atoms. The van der Waals surface area contributed by atoms with Crippen LogP contribution in [0.2, 0.25) is 0 Å². The van der Waals surface area contributed by atoms with Crippen LogP contribution in [-0.4, -0.2) is 0 Å². The molecule has 2 rings (SSSR count). The topological polar surface area (TPSA) is 23.8 Å². The molecule has 1 aromatic carbocycles. The number of nitriles is 1. The summed E-state index contributed by atoms with van der Waals surface area (Å²) in [5.74, 6) is 0. The summed E-state index contributed by atoms with van der Waals surface area (Å²) in [6, 6.07) is 8.80. The van der Waals surface area contributed by atoms with Crippen LogP contribution >= 0.6 is 0 Å². The van der Waals surface area contributed by atoms with Crippen molar-refractivity contribution in [2.75, 3.05) is 0 Å². The summed E-state index contributed by atoms with van der Waals surface area (Å²) in [5.41, 5.74) is 5.92. The summed E-state index contributed by atoms with van der Waals surface area (Å²) < 4.78 is 0. The molecule has 0 fully saturated rings. The van der Waals surface area contributed by atoms with Gasteiger partial charge in [0.25, 0.3) is 0 Å². The van der Waals surface area contributed by atoms with Gasteiger partial charge in [-0.1, -0.05) is 23.8 Å². The summed E-state index contributed by atoms with van der Waals surface area (Å²) in [6.07, 6.45) is 4.96. The lowest BCUT2D eigenvalue weighted by molar-refractivity contribution is 0.685. The Morgan fingerprint density at radius 2 is 1.81 bits per heavy atom. The number of rotatable bonds is 1. The Morgan fingerprint density at radius 3 is 2.44 bits per heavy atom. The average molecular weight is 211 g/mol. The van der Waals surface area contributed by atoms with E-state index < -0.39 is 0 Å². The van der Waals surface area contributed by atoms with Crippen molar-refractivity contribution in [1.82, 2.24) is 0 Å². The molecule has 82 valence electrons. The maximum absolute atomic E-state index is 9.15. The minimum absolute atomic E-state index is 0.827. The van der Waals surface area contributed by atoms with E-state index in [0.717, 1.165) is 16.7 Å². The Kier molecular flexibility index (Phi) is 3.10. The van der Waals surface area contributed by atoms with E-state index in [2.05, 4.69) is 24.3 Å². The molecule has 16 heavy (non-hydrogen) atoms. The van der Waals surface area contributed by atoms with E-state index in [9.17, 15) is 0 Å². The molecule has 0 bridgehead atoms. The Balaban J connectivity index is 2.45. The monoisotopic (exact) mass is 211 g/mol. The van der Waals surface area contributed by atoms with Crippen LogP contribution in [-0.2, 0) is 12.8 Å². The molecule has 1 nitrogen and oxygen atoms in total. The minimum atomic E-state index is 0.827. The van der Waals surface area contributed by atoms with Gasteiger partial charge in [-0.3, -0.25) is 0 Å². The lowest BCUT2D eigenvalue weighted by Crippen LogP contribution is -2.03. The fraction of sp³-hybridized carbons (Fsp3) is 0.400. The molecule has 0 saturated carbocycles. The molecular formula is C15H17N. The lowest BCUT2D eigenvalue weighted by Gasteiger charge is -2.16. The molecule has 1 aromatic rings. The predicted octanol–water partition coefficient (Wildman–Crippen LogP) is 3.88. The Hall–Kier alpha value is -1.55. The van der Waals surface area contributed by atoms with Gasteiger partial charge in [0.2, 0.25) is 0 Å². The van der Waals surface area contributed by atoms with Crippen LogP contribution in [0, 0.1) is 11.3 Å². The van der Waals surface area contributed by atoms with Gasteiger partial charge in [-0.25, -0.2) is 0 Å². The van der Waals surface area contributed by atoms with Crippen LogP contribution < -0.4 is 0 Å². The van der Waals surface area contributed by atoms with Gasteiger partial charge in [-0.15, -0.1) is 0 Å². The number of hydrogen-bond donors (Lipinski definition) is 0. The largest absolute Gasteiger partial charge is 0.192 e. The van der Waals surface area contributed by atoms with Gasteiger partial charge in [0.1, 0.15) is 0 Å². The second-order valence-electron chi connectivity index (χ2n) is 4.68. The number of aryl methyl sites for hydroxylation is 2.